The summed E-state index contributed by atoms with van der Waals surface area (Å²) < 4.78 is 10.00. The van der Waals surface area contributed by atoms with Gasteiger partial charge in [0.15, 0.2) is 0 Å². The summed E-state index contributed by atoms with van der Waals surface area (Å²) in [6.07, 6.45) is 1.36. The first kappa shape index (κ1) is 11.1. The molecule has 1 aliphatic heterocycles. The first-order valence-electron chi connectivity index (χ1n) is 5.27. The minimum absolute atomic E-state index is 0.0862. The van der Waals surface area contributed by atoms with E-state index in [-0.39, 0.29) is 11.9 Å². The highest BCUT2D eigenvalue weighted by Gasteiger charge is 2.24. The molecule has 88 valence electrons. The van der Waals surface area contributed by atoms with Crippen LogP contribution in [0.25, 0.3) is 0 Å². The lowest BCUT2D eigenvalue weighted by atomic mass is 10.1. The van der Waals surface area contributed by atoms with E-state index in [9.17, 15) is 4.79 Å². The van der Waals surface area contributed by atoms with Crippen LogP contribution in [0.5, 0.6) is 0 Å². The van der Waals surface area contributed by atoms with Crippen molar-refractivity contribution in [1.29, 1.82) is 0 Å². The molecule has 1 aromatic rings. The van der Waals surface area contributed by atoms with Gasteiger partial charge in [-0.2, -0.15) is 0 Å². The number of amides is 1. The Hall–Kier alpha value is -1.40. The summed E-state index contributed by atoms with van der Waals surface area (Å²) in [6, 6.07) is -0.307. The van der Waals surface area contributed by atoms with E-state index in [1.54, 1.807) is 11.8 Å². The molecule has 1 fully saturated rings. The third-order valence-corrected chi connectivity index (χ3v) is 2.56. The number of aromatic nitrogens is 1. The van der Waals surface area contributed by atoms with Gasteiger partial charge in [-0.15, -0.1) is 0 Å². The second-order valence-electron chi connectivity index (χ2n) is 3.81. The van der Waals surface area contributed by atoms with Gasteiger partial charge in [-0.1, -0.05) is 5.16 Å². The predicted octanol–water partition coefficient (Wildman–Crippen LogP) is 0.167. The van der Waals surface area contributed by atoms with Crippen molar-refractivity contribution in [3.63, 3.8) is 0 Å². The van der Waals surface area contributed by atoms with Crippen LogP contribution >= 0.6 is 0 Å². The number of ether oxygens (including phenoxy) is 1. The third kappa shape index (κ3) is 2.07. The molecule has 2 heterocycles. The number of hydrogen-bond acceptors (Lipinski definition) is 5. The molecule has 0 radical (unpaired) electrons. The minimum Gasteiger partial charge on any atom is -0.378 e. The van der Waals surface area contributed by atoms with Crippen molar-refractivity contribution in [2.24, 2.45) is 5.73 Å². The van der Waals surface area contributed by atoms with Crippen molar-refractivity contribution in [1.82, 2.24) is 10.1 Å². The van der Waals surface area contributed by atoms with Gasteiger partial charge in [0.05, 0.1) is 13.2 Å². The van der Waals surface area contributed by atoms with Crippen molar-refractivity contribution in [3.8, 4) is 0 Å². The number of nitrogens with zero attached hydrogens (tertiary/aromatic N) is 2. The van der Waals surface area contributed by atoms with E-state index in [1.807, 2.05) is 0 Å². The predicted molar refractivity (Wildman–Crippen MR) is 55.8 cm³/mol. The summed E-state index contributed by atoms with van der Waals surface area (Å²) >= 11 is 0. The Balaban J connectivity index is 2.16. The van der Waals surface area contributed by atoms with Crippen molar-refractivity contribution in [2.45, 2.75) is 13.0 Å². The number of carbonyl (C=O) groups excluding carboxylic acids is 1. The van der Waals surface area contributed by atoms with E-state index in [0.29, 0.717) is 37.6 Å². The van der Waals surface area contributed by atoms with Crippen LogP contribution in [0, 0.1) is 0 Å². The number of rotatable bonds is 2. The van der Waals surface area contributed by atoms with Crippen LogP contribution in [-0.2, 0) is 4.74 Å². The lowest BCUT2D eigenvalue weighted by molar-refractivity contribution is 0.0301. The van der Waals surface area contributed by atoms with Gasteiger partial charge < -0.3 is 19.9 Å². The molecule has 1 unspecified atom stereocenters. The van der Waals surface area contributed by atoms with Crippen LogP contribution in [-0.4, -0.2) is 42.3 Å². The third-order valence-electron chi connectivity index (χ3n) is 2.56. The molecular formula is C10H15N3O3. The van der Waals surface area contributed by atoms with Crippen LogP contribution < -0.4 is 5.73 Å². The number of nitrogens with two attached hydrogens (primary N) is 1. The van der Waals surface area contributed by atoms with Crippen molar-refractivity contribution in [2.75, 3.05) is 26.3 Å². The van der Waals surface area contributed by atoms with E-state index in [4.69, 9.17) is 15.0 Å². The Morgan fingerprint density at radius 3 is 2.88 bits per heavy atom. The van der Waals surface area contributed by atoms with Crippen molar-refractivity contribution in [3.05, 3.63) is 17.5 Å². The summed E-state index contributed by atoms with van der Waals surface area (Å²) in [5.41, 5.74) is 6.67. The molecule has 2 rings (SSSR count). The van der Waals surface area contributed by atoms with Crippen LogP contribution in [0.2, 0.25) is 0 Å². The zero-order chi connectivity index (χ0) is 11.5. The molecule has 2 N–H and O–H groups in total. The van der Waals surface area contributed by atoms with Gasteiger partial charge >= 0.3 is 0 Å². The Morgan fingerprint density at radius 2 is 2.25 bits per heavy atom. The van der Waals surface area contributed by atoms with E-state index < -0.39 is 0 Å². The molecular weight excluding hydrogens is 210 g/mol. The summed E-state index contributed by atoms with van der Waals surface area (Å²) in [5.74, 6) is -0.0862. The molecule has 0 aromatic carbocycles. The van der Waals surface area contributed by atoms with Gasteiger partial charge in [0, 0.05) is 19.1 Å². The van der Waals surface area contributed by atoms with E-state index >= 15 is 0 Å². The van der Waals surface area contributed by atoms with E-state index in [1.165, 1.54) is 6.26 Å². The normalized spacial score (nSPS) is 18.5. The molecule has 1 aliphatic rings. The first-order chi connectivity index (χ1) is 7.70. The number of morpholine rings is 1. The fourth-order valence-electron chi connectivity index (χ4n) is 1.67. The molecule has 6 nitrogen and oxygen atoms in total. The molecule has 0 aliphatic carbocycles. The van der Waals surface area contributed by atoms with Crippen LogP contribution in [0.1, 0.15) is 29.0 Å². The SMILES string of the molecule is CC(N)c1nocc1C(=O)N1CCOCC1. The average Bonchev–Trinajstić information content (AvgIpc) is 2.78. The zero-order valence-electron chi connectivity index (χ0n) is 9.18. The highest BCUT2D eigenvalue weighted by atomic mass is 16.5. The largest absolute Gasteiger partial charge is 0.378 e. The summed E-state index contributed by atoms with van der Waals surface area (Å²) in [5, 5.41) is 3.75. The van der Waals surface area contributed by atoms with Gasteiger partial charge in [0.2, 0.25) is 0 Å². The molecule has 1 amide bonds. The van der Waals surface area contributed by atoms with Crippen LogP contribution in [0.4, 0.5) is 0 Å². The Labute approximate surface area is 93.3 Å². The van der Waals surface area contributed by atoms with Crippen LogP contribution in [0.3, 0.4) is 0 Å². The molecule has 16 heavy (non-hydrogen) atoms. The fourth-order valence-corrected chi connectivity index (χ4v) is 1.67. The molecule has 1 aromatic heterocycles. The summed E-state index contributed by atoms with van der Waals surface area (Å²) in [4.78, 5) is 13.8. The molecule has 6 heteroatoms. The van der Waals surface area contributed by atoms with Crippen molar-refractivity contribution >= 4 is 5.91 Å². The Bertz CT molecular complexity index is 369. The smallest absolute Gasteiger partial charge is 0.259 e. The lowest BCUT2D eigenvalue weighted by Gasteiger charge is -2.26. The van der Waals surface area contributed by atoms with Gasteiger partial charge in [0.25, 0.3) is 5.91 Å². The first-order valence-corrected chi connectivity index (χ1v) is 5.27. The van der Waals surface area contributed by atoms with Gasteiger partial charge in [0.1, 0.15) is 17.5 Å². The maximum atomic E-state index is 12.1. The Kier molecular flexibility index (Phi) is 3.21. The second kappa shape index (κ2) is 4.63. The molecule has 1 atom stereocenters. The minimum atomic E-state index is -0.307. The Morgan fingerprint density at radius 1 is 1.56 bits per heavy atom. The monoisotopic (exact) mass is 225 g/mol. The highest BCUT2D eigenvalue weighted by molar-refractivity contribution is 5.95. The summed E-state index contributed by atoms with van der Waals surface area (Å²) in [6.45, 7) is 4.12. The van der Waals surface area contributed by atoms with E-state index in [0.717, 1.165) is 0 Å². The van der Waals surface area contributed by atoms with Gasteiger partial charge in [-0.05, 0) is 6.92 Å². The van der Waals surface area contributed by atoms with Gasteiger partial charge in [-0.25, -0.2) is 0 Å². The molecule has 1 saturated heterocycles. The molecule has 0 spiro atoms. The zero-order valence-corrected chi connectivity index (χ0v) is 9.18. The van der Waals surface area contributed by atoms with E-state index in [2.05, 4.69) is 5.16 Å². The fraction of sp³-hybridized carbons (Fsp3) is 0.600. The summed E-state index contributed by atoms with van der Waals surface area (Å²) in [7, 11) is 0. The quantitative estimate of drug-likeness (QED) is 0.775. The van der Waals surface area contributed by atoms with Gasteiger partial charge in [-0.3, -0.25) is 4.79 Å². The second-order valence-corrected chi connectivity index (χ2v) is 3.81. The number of carbonyl (C=O) groups is 1. The number of hydrogen-bond donors (Lipinski definition) is 1. The molecule has 0 bridgehead atoms. The average molecular weight is 225 g/mol. The maximum Gasteiger partial charge on any atom is 0.259 e. The van der Waals surface area contributed by atoms with Crippen molar-refractivity contribution < 1.29 is 14.1 Å². The van der Waals surface area contributed by atoms with Crippen LogP contribution in [0.15, 0.2) is 10.8 Å². The maximum absolute atomic E-state index is 12.1. The topological polar surface area (TPSA) is 81.6 Å². The standard InChI is InChI=1S/C10H15N3O3/c1-7(11)9-8(6-16-12-9)10(14)13-2-4-15-5-3-13/h6-7H,2-5,11H2,1H3. The molecule has 0 saturated carbocycles. The highest BCUT2D eigenvalue weighted by Crippen LogP contribution is 2.16. The lowest BCUT2D eigenvalue weighted by Crippen LogP contribution is -2.41.